The van der Waals surface area contributed by atoms with Crippen LogP contribution in [0.4, 0.5) is 0 Å². The van der Waals surface area contributed by atoms with Gasteiger partial charge in [-0.2, -0.15) is 0 Å². The topological polar surface area (TPSA) is 49.0 Å². The summed E-state index contributed by atoms with van der Waals surface area (Å²) >= 11 is 0. The van der Waals surface area contributed by atoms with Gasteiger partial charge in [0.25, 0.3) is 0 Å². The van der Waals surface area contributed by atoms with Crippen molar-refractivity contribution in [3.8, 4) is 0 Å². The normalized spacial score (nSPS) is 11.1. The third-order valence-electron chi connectivity index (χ3n) is 2.44. The molecule has 0 spiro atoms. The van der Waals surface area contributed by atoms with Crippen LogP contribution in [0.5, 0.6) is 0 Å². The molecular formula is C14H31NO4. The number of unbranched alkanes of at least 4 members (excludes halogenated alkanes) is 1. The maximum Gasteiger partial charge on any atom is 0.0701 e. The molecule has 0 aromatic carbocycles. The molecule has 116 valence electrons. The molecule has 0 radical (unpaired) electrons. The number of hydrogen-bond donors (Lipinski definition) is 1. The average molecular weight is 277 g/mol. The van der Waals surface area contributed by atoms with E-state index >= 15 is 0 Å². The van der Waals surface area contributed by atoms with Gasteiger partial charge in [-0.25, -0.2) is 0 Å². The van der Waals surface area contributed by atoms with Gasteiger partial charge in [0, 0.05) is 26.3 Å². The molecule has 0 saturated carbocycles. The first-order valence-corrected chi connectivity index (χ1v) is 7.43. The molecule has 0 unspecified atom stereocenters. The van der Waals surface area contributed by atoms with Crippen molar-refractivity contribution in [2.24, 2.45) is 0 Å². The number of ether oxygens (including phenoxy) is 4. The predicted octanol–water partition coefficient (Wildman–Crippen LogP) is 1.46. The van der Waals surface area contributed by atoms with E-state index in [4.69, 9.17) is 18.9 Å². The summed E-state index contributed by atoms with van der Waals surface area (Å²) in [5, 5.41) is 3.24. The van der Waals surface area contributed by atoms with Crippen molar-refractivity contribution >= 4 is 0 Å². The Labute approximate surface area is 117 Å². The van der Waals surface area contributed by atoms with E-state index in [0.29, 0.717) is 33.0 Å². The van der Waals surface area contributed by atoms with Crippen molar-refractivity contribution in [2.45, 2.75) is 26.7 Å². The molecule has 0 rings (SSSR count). The van der Waals surface area contributed by atoms with Crippen LogP contribution in [0.2, 0.25) is 0 Å². The Morgan fingerprint density at radius 1 is 0.632 bits per heavy atom. The third kappa shape index (κ3) is 17.8. The van der Waals surface area contributed by atoms with Gasteiger partial charge in [0.2, 0.25) is 0 Å². The second kappa shape index (κ2) is 17.8. The lowest BCUT2D eigenvalue weighted by Crippen LogP contribution is -2.24. The van der Waals surface area contributed by atoms with E-state index in [2.05, 4.69) is 12.2 Å². The van der Waals surface area contributed by atoms with Crippen LogP contribution in [0, 0.1) is 0 Å². The fourth-order valence-corrected chi connectivity index (χ4v) is 1.35. The molecule has 5 heteroatoms. The Morgan fingerprint density at radius 3 is 1.74 bits per heavy atom. The van der Waals surface area contributed by atoms with Crippen molar-refractivity contribution in [1.29, 1.82) is 0 Å². The lowest BCUT2D eigenvalue weighted by molar-refractivity contribution is 0.0145. The summed E-state index contributed by atoms with van der Waals surface area (Å²) in [6, 6.07) is 0. The van der Waals surface area contributed by atoms with Gasteiger partial charge in [-0.1, -0.05) is 13.3 Å². The first-order chi connectivity index (χ1) is 9.41. The fourth-order valence-electron chi connectivity index (χ4n) is 1.35. The van der Waals surface area contributed by atoms with Crippen molar-refractivity contribution < 1.29 is 18.9 Å². The largest absolute Gasteiger partial charge is 0.380 e. The summed E-state index contributed by atoms with van der Waals surface area (Å²) in [6.07, 6.45) is 2.30. The highest BCUT2D eigenvalue weighted by atomic mass is 16.5. The molecule has 0 aliphatic rings. The Kier molecular flexibility index (Phi) is 17.6. The van der Waals surface area contributed by atoms with Gasteiger partial charge in [-0.3, -0.25) is 0 Å². The average Bonchev–Trinajstić information content (AvgIpc) is 2.43. The minimum Gasteiger partial charge on any atom is -0.380 e. The maximum atomic E-state index is 5.42. The highest BCUT2D eigenvalue weighted by Gasteiger charge is 1.92. The quantitative estimate of drug-likeness (QED) is 0.433. The lowest BCUT2D eigenvalue weighted by Gasteiger charge is -2.07. The van der Waals surface area contributed by atoms with E-state index in [0.717, 1.165) is 39.3 Å². The predicted molar refractivity (Wildman–Crippen MR) is 76.7 cm³/mol. The summed E-state index contributed by atoms with van der Waals surface area (Å²) in [5.74, 6) is 0. The maximum absolute atomic E-state index is 5.42. The van der Waals surface area contributed by atoms with E-state index in [9.17, 15) is 0 Å². The van der Waals surface area contributed by atoms with Crippen molar-refractivity contribution in [2.75, 3.05) is 65.9 Å². The van der Waals surface area contributed by atoms with E-state index in [1.54, 1.807) is 0 Å². The minimum absolute atomic E-state index is 0.635. The van der Waals surface area contributed by atoms with Gasteiger partial charge in [0.05, 0.1) is 39.6 Å². The molecule has 1 N–H and O–H groups in total. The van der Waals surface area contributed by atoms with Gasteiger partial charge in [0.15, 0.2) is 0 Å². The second-order valence-corrected chi connectivity index (χ2v) is 4.14. The number of nitrogens with one attached hydrogen (secondary N) is 1. The van der Waals surface area contributed by atoms with Gasteiger partial charge < -0.3 is 24.3 Å². The number of hydrogen-bond acceptors (Lipinski definition) is 5. The first-order valence-electron chi connectivity index (χ1n) is 7.43. The SMILES string of the molecule is CCCCOCCOCCOCCNCCOCC. The Balaban J connectivity index is 2.88. The van der Waals surface area contributed by atoms with Crippen molar-refractivity contribution in [1.82, 2.24) is 5.32 Å². The Hall–Kier alpha value is -0.200. The zero-order valence-electron chi connectivity index (χ0n) is 12.6. The molecule has 0 aromatic heterocycles. The molecule has 5 nitrogen and oxygen atoms in total. The first kappa shape index (κ1) is 18.8. The van der Waals surface area contributed by atoms with Crippen LogP contribution >= 0.6 is 0 Å². The van der Waals surface area contributed by atoms with Crippen LogP contribution in [0.25, 0.3) is 0 Å². The van der Waals surface area contributed by atoms with Crippen molar-refractivity contribution in [3.05, 3.63) is 0 Å². The molecule has 0 bridgehead atoms. The smallest absolute Gasteiger partial charge is 0.0701 e. The van der Waals surface area contributed by atoms with Crippen LogP contribution in [-0.2, 0) is 18.9 Å². The Morgan fingerprint density at radius 2 is 1.16 bits per heavy atom. The highest BCUT2D eigenvalue weighted by Crippen LogP contribution is 1.87. The van der Waals surface area contributed by atoms with Crippen LogP contribution in [0.1, 0.15) is 26.7 Å². The molecule has 0 heterocycles. The molecule has 0 saturated heterocycles. The fraction of sp³-hybridized carbons (Fsp3) is 1.00. The van der Waals surface area contributed by atoms with Crippen LogP contribution in [-0.4, -0.2) is 65.9 Å². The molecule has 0 fully saturated rings. The summed E-state index contributed by atoms with van der Waals surface area (Å²) in [7, 11) is 0. The van der Waals surface area contributed by atoms with E-state index < -0.39 is 0 Å². The molecular weight excluding hydrogens is 246 g/mol. The van der Waals surface area contributed by atoms with Gasteiger partial charge in [-0.15, -0.1) is 0 Å². The van der Waals surface area contributed by atoms with E-state index in [1.165, 1.54) is 6.42 Å². The lowest BCUT2D eigenvalue weighted by atomic mass is 10.4. The monoisotopic (exact) mass is 277 g/mol. The molecule has 0 amide bonds. The minimum atomic E-state index is 0.635. The molecule has 0 aliphatic heterocycles. The van der Waals surface area contributed by atoms with E-state index in [1.807, 2.05) is 6.92 Å². The summed E-state index contributed by atoms with van der Waals surface area (Å²) in [6.45, 7) is 11.6. The summed E-state index contributed by atoms with van der Waals surface area (Å²) in [4.78, 5) is 0. The summed E-state index contributed by atoms with van der Waals surface area (Å²) < 4.78 is 21.4. The van der Waals surface area contributed by atoms with E-state index in [-0.39, 0.29) is 0 Å². The third-order valence-corrected chi connectivity index (χ3v) is 2.44. The Bertz CT molecular complexity index is 142. The molecule has 0 atom stereocenters. The molecule has 0 aromatic rings. The zero-order valence-corrected chi connectivity index (χ0v) is 12.6. The van der Waals surface area contributed by atoms with Crippen LogP contribution < -0.4 is 5.32 Å². The van der Waals surface area contributed by atoms with Gasteiger partial charge >= 0.3 is 0 Å². The molecule has 0 aliphatic carbocycles. The van der Waals surface area contributed by atoms with Crippen molar-refractivity contribution in [3.63, 3.8) is 0 Å². The summed E-state index contributed by atoms with van der Waals surface area (Å²) in [5.41, 5.74) is 0. The standard InChI is InChI=1S/C14H31NO4/c1-3-5-8-17-11-13-19-14-12-18-10-7-15-6-9-16-4-2/h15H,3-14H2,1-2H3. The van der Waals surface area contributed by atoms with Gasteiger partial charge in [0.1, 0.15) is 0 Å². The van der Waals surface area contributed by atoms with Crippen LogP contribution in [0.15, 0.2) is 0 Å². The number of rotatable bonds is 16. The molecule has 19 heavy (non-hydrogen) atoms. The van der Waals surface area contributed by atoms with Gasteiger partial charge in [-0.05, 0) is 13.3 Å². The zero-order chi connectivity index (χ0) is 14.0. The highest BCUT2D eigenvalue weighted by molar-refractivity contribution is 4.44. The second-order valence-electron chi connectivity index (χ2n) is 4.14. The van der Waals surface area contributed by atoms with Crippen LogP contribution in [0.3, 0.4) is 0 Å².